The zero-order valence-electron chi connectivity index (χ0n) is 10.2. The molecule has 1 heterocycles. The molecule has 0 aliphatic rings. The van der Waals surface area contributed by atoms with Gasteiger partial charge in [0.25, 0.3) is 0 Å². The number of rotatable bonds is 2. The Morgan fingerprint density at radius 2 is 1.68 bits per heavy atom. The molecule has 0 radical (unpaired) electrons. The molecule has 0 saturated heterocycles. The van der Waals surface area contributed by atoms with Gasteiger partial charge in [-0.15, -0.1) is 0 Å². The third kappa shape index (κ3) is 2.62. The Balaban J connectivity index is 2.07. The van der Waals surface area contributed by atoms with E-state index in [1.807, 2.05) is 49.6 Å². The van der Waals surface area contributed by atoms with Crippen molar-refractivity contribution in [2.75, 3.05) is 0 Å². The highest BCUT2D eigenvalue weighted by atomic mass is 35.5. The monoisotopic (exact) mass is 307 g/mol. The van der Waals surface area contributed by atoms with Crippen LogP contribution < -0.4 is 0 Å². The van der Waals surface area contributed by atoms with Crippen LogP contribution in [0, 0.1) is 0 Å². The van der Waals surface area contributed by atoms with Crippen molar-refractivity contribution in [1.29, 1.82) is 0 Å². The number of benzene rings is 2. The molecule has 0 fully saturated rings. The Morgan fingerprint density at radius 1 is 0.947 bits per heavy atom. The molecular formula is C15H11Cl2NS. The lowest BCUT2D eigenvalue weighted by molar-refractivity contribution is 0.969. The van der Waals surface area contributed by atoms with Gasteiger partial charge in [-0.2, -0.15) is 0 Å². The maximum atomic E-state index is 6.20. The quantitative estimate of drug-likeness (QED) is 0.593. The maximum absolute atomic E-state index is 6.20. The molecule has 3 rings (SSSR count). The van der Waals surface area contributed by atoms with Crippen molar-refractivity contribution in [3.63, 3.8) is 0 Å². The van der Waals surface area contributed by atoms with Crippen LogP contribution in [-0.2, 0) is 7.05 Å². The van der Waals surface area contributed by atoms with Gasteiger partial charge in [0.1, 0.15) is 0 Å². The van der Waals surface area contributed by atoms with E-state index in [4.69, 9.17) is 23.2 Å². The van der Waals surface area contributed by atoms with Crippen molar-refractivity contribution in [2.24, 2.45) is 7.05 Å². The number of halogens is 2. The molecule has 1 nitrogen and oxygen atoms in total. The van der Waals surface area contributed by atoms with Crippen LogP contribution in [0.5, 0.6) is 0 Å². The van der Waals surface area contributed by atoms with Gasteiger partial charge >= 0.3 is 0 Å². The van der Waals surface area contributed by atoms with Crippen LogP contribution in [0.2, 0.25) is 10.0 Å². The van der Waals surface area contributed by atoms with Gasteiger partial charge in [0.05, 0.1) is 5.52 Å². The van der Waals surface area contributed by atoms with Crippen molar-refractivity contribution >= 4 is 45.9 Å². The summed E-state index contributed by atoms with van der Waals surface area (Å²) in [7, 11) is 2.02. The zero-order chi connectivity index (χ0) is 13.4. The molecule has 0 spiro atoms. The molecule has 1 aromatic heterocycles. The van der Waals surface area contributed by atoms with E-state index in [2.05, 4.69) is 10.6 Å². The Labute approximate surface area is 126 Å². The molecule has 3 aromatic rings. The topological polar surface area (TPSA) is 4.93 Å². The van der Waals surface area contributed by atoms with Crippen LogP contribution in [0.15, 0.2) is 58.5 Å². The summed E-state index contributed by atoms with van der Waals surface area (Å²) in [6, 6.07) is 13.9. The molecular weight excluding hydrogens is 297 g/mol. The number of nitrogens with zero attached hydrogens (tertiary/aromatic N) is 1. The summed E-state index contributed by atoms with van der Waals surface area (Å²) in [5, 5.41) is 2.72. The van der Waals surface area contributed by atoms with Gasteiger partial charge in [-0.1, -0.05) is 35.0 Å². The smallest absolute Gasteiger partial charge is 0.0504 e. The van der Waals surface area contributed by atoms with Crippen molar-refractivity contribution in [1.82, 2.24) is 4.57 Å². The van der Waals surface area contributed by atoms with Gasteiger partial charge in [0.2, 0.25) is 0 Å². The zero-order valence-corrected chi connectivity index (χ0v) is 12.6. The fourth-order valence-electron chi connectivity index (χ4n) is 2.02. The first-order valence-electron chi connectivity index (χ1n) is 5.81. The molecule has 4 heteroatoms. The summed E-state index contributed by atoms with van der Waals surface area (Å²) in [5.41, 5.74) is 1.14. The third-order valence-corrected chi connectivity index (χ3v) is 4.51. The van der Waals surface area contributed by atoms with E-state index in [0.29, 0.717) is 0 Å². The summed E-state index contributed by atoms with van der Waals surface area (Å²) < 4.78 is 2.08. The second kappa shape index (κ2) is 5.12. The molecule has 0 aliphatic heterocycles. The summed E-state index contributed by atoms with van der Waals surface area (Å²) in [5.74, 6) is 0. The molecule has 0 bridgehead atoms. The minimum Gasteiger partial charge on any atom is -0.350 e. The van der Waals surface area contributed by atoms with Gasteiger partial charge in [0, 0.05) is 38.5 Å². The first kappa shape index (κ1) is 12.9. The Hall–Kier alpha value is -1.09. The fraction of sp³-hybridized carbons (Fsp3) is 0.0667. The highest BCUT2D eigenvalue weighted by molar-refractivity contribution is 7.99. The van der Waals surface area contributed by atoms with E-state index in [1.54, 1.807) is 11.8 Å². The summed E-state index contributed by atoms with van der Waals surface area (Å²) >= 11 is 13.8. The second-order valence-electron chi connectivity index (χ2n) is 4.32. The number of aryl methyl sites for hydroxylation is 1. The molecule has 0 N–H and O–H groups in total. The van der Waals surface area contributed by atoms with E-state index in [9.17, 15) is 0 Å². The van der Waals surface area contributed by atoms with Crippen molar-refractivity contribution in [3.05, 3.63) is 58.7 Å². The molecule has 0 saturated carbocycles. The molecule has 19 heavy (non-hydrogen) atoms. The molecule has 2 aromatic carbocycles. The lowest BCUT2D eigenvalue weighted by Crippen LogP contribution is -1.84. The highest BCUT2D eigenvalue weighted by Gasteiger charge is 2.08. The van der Waals surface area contributed by atoms with Crippen LogP contribution in [0.4, 0.5) is 0 Å². The van der Waals surface area contributed by atoms with Crippen molar-refractivity contribution in [2.45, 2.75) is 9.79 Å². The summed E-state index contributed by atoms with van der Waals surface area (Å²) in [6.45, 7) is 0. The standard InChI is InChI=1S/C15H11Cl2NS/c1-18-7-6-13-14(18)8-11(17)9-15(13)19-12-4-2-10(16)3-5-12/h2-9H,1H3. The minimum atomic E-state index is 0.750. The Kier molecular flexibility index (Phi) is 3.48. The van der Waals surface area contributed by atoms with Gasteiger partial charge in [-0.25, -0.2) is 0 Å². The van der Waals surface area contributed by atoms with Gasteiger partial charge in [-0.05, 0) is 42.5 Å². The number of hydrogen-bond donors (Lipinski definition) is 0. The highest BCUT2D eigenvalue weighted by Crippen LogP contribution is 2.36. The summed E-state index contributed by atoms with van der Waals surface area (Å²) in [4.78, 5) is 2.31. The van der Waals surface area contributed by atoms with E-state index in [1.165, 1.54) is 5.39 Å². The maximum Gasteiger partial charge on any atom is 0.0504 e. The third-order valence-electron chi connectivity index (χ3n) is 2.97. The number of hydrogen-bond acceptors (Lipinski definition) is 1. The van der Waals surface area contributed by atoms with Crippen LogP contribution in [0.3, 0.4) is 0 Å². The minimum absolute atomic E-state index is 0.750. The van der Waals surface area contributed by atoms with Crippen LogP contribution >= 0.6 is 35.0 Å². The van der Waals surface area contributed by atoms with E-state index >= 15 is 0 Å². The lowest BCUT2D eigenvalue weighted by Gasteiger charge is -2.06. The van der Waals surface area contributed by atoms with Gasteiger partial charge in [-0.3, -0.25) is 0 Å². The predicted octanol–water partition coefficient (Wildman–Crippen LogP) is 5.64. The first-order valence-corrected chi connectivity index (χ1v) is 7.39. The van der Waals surface area contributed by atoms with Crippen LogP contribution in [-0.4, -0.2) is 4.57 Å². The van der Waals surface area contributed by atoms with Gasteiger partial charge < -0.3 is 4.57 Å². The normalized spacial score (nSPS) is 11.1. The van der Waals surface area contributed by atoms with Crippen molar-refractivity contribution < 1.29 is 0 Å². The SMILES string of the molecule is Cn1ccc2c(Sc3ccc(Cl)cc3)cc(Cl)cc21. The Bertz CT molecular complexity index is 732. The van der Waals surface area contributed by atoms with E-state index in [0.717, 1.165) is 25.4 Å². The van der Waals surface area contributed by atoms with Crippen LogP contribution in [0.25, 0.3) is 10.9 Å². The lowest BCUT2D eigenvalue weighted by atomic mass is 10.2. The largest absolute Gasteiger partial charge is 0.350 e. The summed E-state index contributed by atoms with van der Waals surface area (Å²) in [6.07, 6.45) is 2.05. The molecule has 0 atom stereocenters. The Morgan fingerprint density at radius 3 is 2.42 bits per heavy atom. The van der Waals surface area contributed by atoms with Gasteiger partial charge in [0.15, 0.2) is 0 Å². The molecule has 0 aliphatic carbocycles. The first-order chi connectivity index (χ1) is 9.13. The predicted molar refractivity (Wildman–Crippen MR) is 83.5 cm³/mol. The second-order valence-corrected chi connectivity index (χ2v) is 6.31. The molecule has 0 amide bonds. The number of fused-ring (bicyclic) bond motifs is 1. The van der Waals surface area contributed by atoms with E-state index in [-0.39, 0.29) is 0 Å². The van der Waals surface area contributed by atoms with Crippen molar-refractivity contribution in [3.8, 4) is 0 Å². The molecule has 96 valence electrons. The molecule has 0 unspecified atom stereocenters. The average molecular weight is 308 g/mol. The van der Waals surface area contributed by atoms with E-state index < -0.39 is 0 Å². The average Bonchev–Trinajstić information content (AvgIpc) is 2.74. The number of aromatic nitrogens is 1. The van der Waals surface area contributed by atoms with Crippen LogP contribution in [0.1, 0.15) is 0 Å². The fourth-order valence-corrected chi connectivity index (χ4v) is 3.42.